The summed E-state index contributed by atoms with van der Waals surface area (Å²) in [6.07, 6.45) is 10.1. The Morgan fingerprint density at radius 3 is 2.96 bits per heavy atom. The maximum atomic E-state index is 12.7. The molecule has 1 saturated heterocycles. The monoisotopic (exact) mass is 382 g/mol. The molecule has 1 atom stereocenters. The fourth-order valence-corrected chi connectivity index (χ4v) is 4.02. The Bertz CT molecular complexity index is 786. The Balaban J connectivity index is 1.24. The van der Waals surface area contributed by atoms with E-state index in [1.807, 2.05) is 41.8 Å². The van der Waals surface area contributed by atoms with Crippen molar-refractivity contribution in [3.63, 3.8) is 0 Å². The quantitative estimate of drug-likeness (QED) is 0.798. The molecule has 1 aromatic heterocycles. The Morgan fingerprint density at radius 1 is 1.36 bits per heavy atom. The van der Waals surface area contributed by atoms with Gasteiger partial charge in [-0.3, -0.25) is 0 Å². The Hall–Kier alpha value is -2.50. The minimum absolute atomic E-state index is 0.0671. The van der Waals surface area contributed by atoms with Crippen LogP contribution >= 0.6 is 0 Å². The van der Waals surface area contributed by atoms with Crippen LogP contribution in [0.3, 0.4) is 0 Å². The van der Waals surface area contributed by atoms with Crippen LogP contribution in [0, 0.1) is 18.3 Å². The molecule has 1 aliphatic heterocycles. The average Bonchev–Trinajstić information content (AvgIpc) is 3.28. The van der Waals surface area contributed by atoms with Gasteiger partial charge in [-0.1, -0.05) is 18.2 Å². The number of piperidine rings is 1. The first-order valence-corrected chi connectivity index (χ1v) is 10.3. The molecule has 150 valence electrons. The van der Waals surface area contributed by atoms with Gasteiger partial charge in [0.1, 0.15) is 5.75 Å². The number of rotatable bonds is 7. The normalized spacial score (nSPS) is 20.6. The zero-order valence-corrected chi connectivity index (χ0v) is 16.6. The predicted molar refractivity (Wildman–Crippen MR) is 108 cm³/mol. The molecule has 4 rings (SSSR count). The van der Waals surface area contributed by atoms with E-state index in [1.165, 1.54) is 12.8 Å². The van der Waals surface area contributed by atoms with Gasteiger partial charge in [-0.2, -0.15) is 0 Å². The molecule has 2 fully saturated rings. The van der Waals surface area contributed by atoms with E-state index in [-0.39, 0.29) is 11.4 Å². The second-order valence-corrected chi connectivity index (χ2v) is 8.42. The fourth-order valence-electron chi connectivity index (χ4n) is 4.02. The van der Waals surface area contributed by atoms with Gasteiger partial charge in [0.2, 0.25) is 0 Å². The number of ether oxygens (including phenoxy) is 1. The van der Waals surface area contributed by atoms with Gasteiger partial charge in [0, 0.05) is 49.9 Å². The van der Waals surface area contributed by atoms with Gasteiger partial charge in [0.15, 0.2) is 0 Å². The van der Waals surface area contributed by atoms with Crippen LogP contribution in [-0.4, -0.2) is 46.7 Å². The summed E-state index contributed by atoms with van der Waals surface area (Å²) >= 11 is 0. The summed E-state index contributed by atoms with van der Waals surface area (Å²) in [6.45, 7) is 6.01. The van der Waals surface area contributed by atoms with E-state index in [1.54, 1.807) is 0 Å². The Morgan fingerprint density at radius 2 is 2.21 bits per heavy atom. The number of hydrogen-bond donors (Lipinski definition) is 1. The number of aryl methyl sites for hydroxylation is 1. The Kier molecular flexibility index (Phi) is 5.55. The van der Waals surface area contributed by atoms with Gasteiger partial charge in [0.05, 0.1) is 12.9 Å². The average molecular weight is 383 g/mol. The van der Waals surface area contributed by atoms with Gasteiger partial charge < -0.3 is 19.5 Å². The van der Waals surface area contributed by atoms with Crippen LogP contribution in [-0.2, 0) is 6.54 Å². The SMILES string of the molecule is Cc1ccccc1OC[C@@H]1CCCN(C(=O)NCC2(Cn3ccnc3)CC2)C1. The van der Waals surface area contributed by atoms with Crippen molar-refractivity contribution < 1.29 is 9.53 Å². The number of nitrogens with zero attached hydrogens (tertiary/aromatic N) is 3. The van der Waals surface area contributed by atoms with Gasteiger partial charge in [-0.15, -0.1) is 0 Å². The molecule has 2 heterocycles. The molecule has 2 amide bonds. The van der Waals surface area contributed by atoms with Crippen LogP contribution in [0.4, 0.5) is 4.79 Å². The summed E-state index contributed by atoms with van der Waals surface area (Å²) in [5.74, 6) is 1.33. The standard InChI is InChI=1S/C22H30N4O2/c1-18-5-2-3-7-20(18)28-14-19-6-4-11-26(13-19)21(27)24-15-22(8-9-22)16-25-12-10-23-17-25/h2-3,5,7,10,12,17,19H,4,6,8-9,11,13-16H2,1H3,(H,24,27)/t19-/m1/s1. The summed E-state index contributed by atoms with van der Waals surface area (Å²) in [6, 6.07) is 8.16. The molecule has 2 aliphatic rings. The van der Waals surface area contributed by atoms with Crippen LogP contribution in [0.2, 0.25) is 0 Å². The van der Waals surface area contributed by atoms with Crippen LogP contribution in [0.1, 0.15) is 31.2 Å². The number of nitrogens with one attached hydrogen (secondary N) is 1. The highest BCUT2D eigenvalue weighted by atomic mass is 16.5. The van der Waals surface area contributed by atoms with Crippen molar-refractivity contribution in [2.45, 2.75) is 39.2 Å². The summed E-state index contributed by atoms with van der Waals surface area (Å²) in [4.78, 5) is 18.8. The van der Waals surface area contributed by atoms with Gasteiger partial charge in [0.25, 0.3) is 0 Å². The number of likely N-dealkylation sites (tertiary alicyclic amines) is 1. The molecule has 0 spiro atoms. The molecule has 0 radical (unpaired) electrons. The third-order valence-electron chi connectivity index (χ3n) is 6.02. The summed E-state index contributed by atoms with van der Waals surface area (Å²) in [5.41, 5.74) is 1.36. The van der Waals surface area contributed by atoms with Crippen molar-refractivity contribution in [3.05, 3.63) is 48.5 Å². The second-order valence-electron chi connectivity index (χ2n) is 8.42. The van der Waals surface area contributed by atoms with Crippen molar-refractivity contribution in [1.82, 2.24) is 19.8 Å². The number of para-hydroxylation sites is 1. The van der Waals surface area contributed by atoms with Crippen molar-refractivity contribution in [2.24, 2.45) is 11.3 Å². The van der Waals surface area contributed by atoms with E-state index >= 15 is 0 Å². The first kappa shape index (κ1) is 18.8. The lowest BCUT2D eigenvalue weighted by Crippen LogP contribution is -2.48. The maximum absolute atomic E-state index is 12.7. The lowest BCUT2D eigenvalue weighted by Gasteiger charge is -2.33. The largest absolute Gasteiger partial charge is 0.493 e. The number of carbonyl (C=O) groups excluding carboxylic acids is 1. The fraction of sp³-hybridized carbons (Fsp3) is 0.545. The first-order chi connectivity index (χ1) is 13.6. The van der Waals surface area contributed by atoms with E-state index in [0.29, 0.717) is 12.5 Å². The van der Waals surface area contributed by atoms with E-state index < -0.39 is 0 Å². The van der Waals surface area contributed by atoms with Crippen LogP contribution in [0.5, 0.6) is 5.75 Å². The second kappa shape index (κ2) is 8.25. The summed E-state index contributed by atoms with van der Waals surface area (Å²) < 4.78 is 8.13. The highest BCUT2D eigenvalue weighted by Crippen LogP contribution is 2.46. The zero-order chi connectivity index (χ0) is 19.4. The number of benzene rings is 1. The van der Waals surface area contributed by atoms with Crippen LogP contribution in [0.25, 0.3) is 0 Å². The molecule has 1 N–H and O–H groups in total. The lowest BCUT2D eigenvalue weighted by atomic mass is 9.99. The van der Waals surface area contributed by atoms with Gasteiger partial charge in [-0.25, -0.2) is 9.78 Å². The maximum Gasteiger partial charge on any atom is 0.317 e. The number of carbonyl (C=O) groups is 1. The van der Waals surface area contributed by atoms with E-state index in [4.69, 9.17) is 4.74 Å². The number of hydrogen-bond acceptors (Lipinski definition) is 3. The number of urea groups is 1. The highest BCUT2D eigenvalue weighted by Gasteiger charge is 2.43. The molecular formula is C22H30N4O2. The Labute approximate surface area is 166 Å². The van der Waals surface area contributed by atoms with Gasteiger partial charge in [-0.05, 0) is 44.2 Å². The molecular weight excluding hydrogens is 352 g/mol. The third-order valence-corrected chi connectivity index (χ3v) is 6.02. The topological polar surface area (TPSA) is 59.4 Å². The molecule has 1 aliphatic carbocycles. The van der Waals surface area contributed by atoms with Crippen molar-refractivity contribution in [1.29, 1.82) is 0 Å². The number of aromatic nitrogens is 2. The minimum Gasteiger partial charge on any atom is -0.493 e. The summed E-state index contributed by atoms with van der Waals surface area (Å²) in [5, 5.41) is 3.18. The first-order valence-electron chi connectivity index (χ1n) is 10.3. The number of imidazole rings is 1. The molecule has 2 aromatic rings. The van der Waals surface area contributed by atoms with E-state index in [2.05, 4.69) is 27.9 Å². The third kappa shape index (κ3) is 4.66. The molecule has 1 saturated carbocycles. The van der Waals surface area contributed by atoms with Crippen molar-refractivity contribution in [3.8, 4) is 5.75 Å². The molecule has 1 aromatic carbocycles. The smallest absolute Gasteiger partial charge is 0.317 e. The molecule has 6 nitrogen and oxygen atoms in total. The van der Waals surface area contributed by atoms with E-state index in [0.717, 1.165) is 50.3 Å². The molecule has 0 bridgehead atoms. The molecule has 0 unspecified atom stereocenters. The van der Waals surface area contributed by atoms with Crippen molar-refractivity contribution in [2.75, 3.05) is 26.2 Å². The zero-order valence-electron chi connectivity index (χ0n) is 16.6. The lowest BCUT2D eigenvalue weighted by molar-refractivity contribution is 0.136. The summed E-state index contributed by atoms with van der Waals surface area (Å²) in [7, 11) is 0. The predicted octanol–water partition coefficient (Wildman–Crippen LogP) is 3.47. The van der Waals surface area contributed by atoms with Crippen molar-refractivity contribution >= 4 is 6.03 Å². The van der Waals surface area contributed by atoms with Crippen LogP contribution in [0.15, 0.2) is 43.0 Å². The van der Waals surface area contributed by atoms with Gasteiger partial charge >= 0.3 is 6.03 Å². The molecule has 28 heavy (non-hydrogen) atoms. The highest BCUT2D eigenvalue weighted by molar-refractivity contribution is 5.74. The van der Waals surface area contributed by atoms with Crippen LogP contribution < -0.4 is 10.1 Å². The molecule has 6 heteroatoms. The van der Waals surface area contributed by atoms with E-state index in [9.17, 15) is 4.79 Å². The number of amides is 2. The minimum atomic E-state index is 0.0671.